The summed E-state index contributed by atoms with van der Waals surface area (Å²) in [5, 5.41) is 10.4. The molecule has 2 rings (SSSR count). The molecule has 0 saturated carbocycles. The van der Waals surface area contributed by atoms with Crippen LogP contribution >= 0.6 is 15.9 Å². The Hall–Kier alpha value is -1.36. The summed E-state index contributed by atoms with van der Waals surface area (Å²) in [7, 11) is 0. The molecule has 0 saturated heterocycles. The summed E-state index contributed by atoms with van der Waals surface area (Å²) in [6.45, 7) is 0. The van der Waals surface area contributed by atoms with Gasteiger partial charge in [0.25, 0.3) is 0 Å². The molecule has 0 amide bonds. The summed E-state index contributed by atoms with van der Waals surface area (Å²) in [6.07, 6.45) is -1.04. The SMILES string of the molecule is O=C([O-])C[C@H]1OC(=O)c2ccc(Br)cc21. The minimum Gasteiger partial charge on any atom is -0.550 e. The van der Waals surface area contributed by atoms with Crippen LogP contribution in [0.25, 0.3) is 0 Å². The number of aliphatic carboxylic acids is 1. The van der Waals surface area contributed by atoms with Crippen molar-refractivity contribution < 1.29 is 19.4 Å². The molecule has 1 aliphatic heterocycles. The fourth-order valence-electron chi connectivity index (χ4n) is 1.55. The molecule has 1 aromatic carbocycles. The summed E-state index contributed by atoms with van der Waals surface area (Å²) >= 11 is 3.25. The van der Waals surface area contributed by atoms with Crippen molar-refractivity contribution in [3.05, 3.63) is 33.8 Å². The summed E-state index contributed by atoms with van der Waals surface area (Å²) in [5.74, 6) is -1.72. The third-order valence-corrected chi connectivity index (χ3v) is 2.68. The predicted octanol–water partition coefficient (Wildman–Crippen LogP) is 0.801. The number of cyclic esters (lactones) is 1. The Kier molecular flexibility index (Phi) is 2.48. The smallest absolute Gasteiger partial charge is 0.339 e. The van der Waals surface area contributed by atoms with Crippen molar-refractivity contribution in [3.8, 4) is 0 Å². The van der Waals surface area contributed by atoms with Crippen molar-refractivity contribution in [1.29, 1.82) is 0 Å². The zero-order valence-corrected chi connectivity index (χ0v) is 9.11. The summed E-state index contributed by atoms with van der Waals surface area (Å²) in [4.78, 5) is 21.8. The number of rotatable bonds is 2. The highest BCUT2D eigenvalue weighted by atomic mass is 79.9. The molecular weight excluding hydrogens is 264 g/mol. The quantitative estimate of drug-likeness (QED) is 0.745. The van der Waals surface area contributed by atoms with Gasteiger partial charge in [0.2, 0.25) is 0 Å². The van der Waals surface area contributed by atoms with E-state index in [0.29, 0.717) is 11.1 Å². The second kappa shape index (κ2) is 3.66. The molecule has 0 unspecified atom stereocenters. The van der Waals surface area contributed by atoms with E-state index in [1.54, 1.807) is 18.2 Å². The molecular formula is C10H6BrO4-. The third kappa shape index (κ3) is 1.87. The summed E-state index contributed by atoms with van der Waals surface area (Å²) in [6, 6.07) is 5.01. The fraction of sp³-hybridized carbons (Fsp3) is 0.200. The molecule has 0 radical (unpaired) electrons. The van der Waals surface area contributed by atoms with Crippen LogP contribution in [0.15, 0.2) is 22.7 Å². The van der Waals surface area contributed by atoms with Crippen molar-refractivity contribution >= 4 is 27.9 Å². The Morgan fingerprint density at radius 3 is 2.93 bits per heavy atom. The second-order valence-electron chi connectivity index (χ2n) is 3.20. The maximum Gasteiger partial charge on any atom is 0.339 e. The van der Waals surface area contributed by atoms with Gasteiger partial charge in [-0.05, 0) is 18.2 Å². The molecule has 0 spiro atoms. The van der Waals surface area contributed by atoms with E-state index in [4.69, 9.17) is 4.74 Å². The van der Waals surface area contributed by atoms with Crippen molar-refractivity contribution in [2.45, 2.75) is 12.5 Å². The van der Waals surface area contributed by atoms with Crippen LogP contribution in [0.3, 0.4) is 0 Å². The molecule has 1 aromatic rings. The van der Waals surface area contributed by atoms with Crippen molar-refractivity contribution in [3.63, 3.8) is 0 Å². The molecule has 0 aliphatic carbocycles. The Labute approximate surface area is 94.0 Å². The van der Waals surface area contributed by atoms with E-state index in [-0.39, 0.29) is 6.42 Å². The highest BCUT2D eigenvalue weighted by Gasteiger charge is 2.30. The van der Waals surface area contributed by atoms with Crippen LogP contribution in [0.2, 0.25) is 0 Å². The number of hydrogen-bond donors (Lipinski definition) is 0. The number of carbonyl (C=O) groups excluding carboxylic acids is 2. The van der Waals surface area contributed by atoms with Crippen LogP contribution in [-0.4, -0.2) is 11.9 Å². The maximum absolute atomic E-state index is 11.3. The van der Waals surface area contributed by atoms with E-state index < -0.39 is 18.0 Å². The van der Waals surface area contributed by atoms with E-state index in [2.05, 4.69) is 15.9 Å². The number of fused-ring (bicyclic) bond motifs is 1. The number of carbonyl (C=O) groups is 2. The van der Waals surface area contributed by atoms with Crippen molar-refractivity contribution in [1.82, 2.24) is 0 Å². The zero-order valence-electron chi connectivity index (χ0n) is 7.53. The molecule has 0 aromatic heterocycles. The number of carboxylic acids is 1. The Balaban J connectivity index is 2.39. The van der Waals surface area contributed by atoms with Crippen molar-refractivity contribution in [2.24, 2.45) is 0 Å². The van der Waals surface area contributed by atoms with Gasteiger partial charge in [0.1, 0.15) is 6.10 Å². The zero-order chi connectivity index (χ0) is 11.0. The number of ether oxygens (including phenoxy) is 1. The van der Waals surface area contributed by atoms with Gasteiger partial charge in [0.15, 0.2) is 0 Å². The van der Waals surface area contributed by atoms with Gasteiger partial charge in [-0.1, -0.05) is 15.9 Å². The molecule has 4 nitrogen and oxygen atoms in total. The van der Waals surface area contributed by atoms with Crippen LogP contribution in [0.4, 0.5) is 0 Å². The minimum absolute atomic E-state index is 0.310. The van der Waals surface area contributed by atoms with Crippen LogP contribution in [0, 0.1) is 0 Å². The third-order valence-electron chi connectivity index (χ3n) is 2.18. The Morgan fingerprint density at radius 2 is 2.27 bits per heavy atom. The van der Waals surface area contributed by atoms with Crippen LogP contribution < -0.4 is 5.11 Å². The van der Waals surface area contributed by atoms with Crippen molar-refractivity contribution in [2.75, 3.05) is 0 Å². The van der Waals surface area contributed by atoms with Gasteiger partial charge in [0.05, 0.1) is 5.56 Å². The van der Waals surface area contributed by atoms with Gasteiger partial charge in [-0.3, -0.25) is 0 Å². The first-order valence-electron chi connectivity index (χ1n) is 4.28. The average Bonchev–Trinajstić information content (AvgIpc) is 2.42. The van der Waals surface area contributed by atoms with E-state index in [0.717, 1.165) is 4.47 Å². The van der Waals surface area contributed by atoms with Gasteiger partial charge in [-0.25, -0.2) is 4.79 Å². The Morgan fingerprint density at radius 1 is 1.53 bits per heavy atom. The molecule has 0 fully saturated rings. The first-order valence-corrected chi connectivity index (χ1v) is 5.07. The molecule has 5 heteroatoms. The first-order chi connectivity index (χ1) is 7.08. The molecule has 1 heterocycles. The topological polar surface area (TPSA) is 66.4 Å². The highest BCUT2D eigenvalue weighted by molar-refractivity contribution is 9.10. The summed E-state index contributed by atoms with van der Waals surface area (Å²) < 4.78 is 5.70. The van der Waals surface area contributed by atoms with E-state index >= 15 is 0 Å². The molecule has 15 heavy (non-hydrogen) atoms. The van der Waals surface area contributed by atoms with E-state index in [1.165, 1.54) is 0 Å². The molecule has 78 valence electrons. The number of hydrogen-bond acceptors (Lipinski definition) is 4. The minimum atomic E-state index is -1.24. The first kappa shape index (κ1) is 10.2. The van der Waals surface area contributed by atoms with Gasteiger partial charge < -0.3 is 14.6 Å². The average molecular weight is 270 g/mol. The van der Waals surface area contributed by atoms with Gasteiger partial charge >= 0.3 is 5.97 Å². The second-order valence-corrected chi connectivity index (χ2v) is 4.12. The summed E-state index contributed by atoms with van der Waals surface area (Å²) in [5.41, 5.74) is 1.02. The lowest BCUT2D eigenvalue weighted by atomic mass is 10.0. The van der Waals surface area contributed by atoms with E-state index in [1.807, 2.05) is 0 Å². The van der Waals surface area contributed by atoms with E-state index in [9.17, 15) is 14.7 Å². The maximum atomic E-state index is 11.3. The fourth-order valence-corrected chi connectivity index (χ4v) is 1.92. The lowest BCUT2D eigenvalue weighted by Gasteiger charge is -2.10. The number of carboxylic acid groups (broad SMARTS) is 1. The van der Waals surface area contributed by atoms with Crippen LogP contribution in [0.1, 0.15) is 28.4 Å². The highest BCUT2D eigenvalue weighted by Crippen LogP contribution is 2.34. The normalized spacial score (nSPS) is 18.5. The molecule has 1 atom stereocenters. The molecule has 1 aliphatic rings. The van der Waals surface area contributed by atoms with Crippen LogP contribution in [-0.2, 0) is 9.53 Å². The standard InChI is InChI=1S/C10H7BrO4/c11-5-1-2-6-7(3-5)8(4-9(12)13)15-10(6)14/h1-3,8H,4H2,(H,12,13)/p-1/t8-/m1/s1. The Bertz CT molecular complexity index is 439. The molecule has 0 bridgehead atoms. The predicted molar refractivity (Wildman–Crippen MR) is 51.9 cm³/mol. The monoisotopic (exact) mass is 269 g/mol. The lowest BCUT2D eigenvalue weighted by molar-refractivity contribution is -0.307. The van der Waals surface area contributed by atoms with Crippen LogP contribution in [0.5, 0.6) is 0 Å². The number of halogens is 1. The van der Waals surface area contributed by atoms with Gasteiger partial charge in [0, 0.05) is 22.4 Å². The molecule has 0 N–H and O–H groups in total. The largest absolute Gasteiger partial charge is 0.550 e. The number of benzene rings is 1. The lowest BCUT2D eigenvalue weighted by Crippen LogP contribution is -2.24. The van der Waals surface area contributed by atoms with Gasteiger partial charge in [-0.2, -0.15) is 0 Å². The van der Waals surface area contributed by atoms with Gasteiger partial charge in [-0.15, -0.1) is 0 Å². The number of esters is 1.